The maximum atomic E-state index is 12.3. The van der Waals surface area contributed by atoms with E-state index in [-0.39, 0.29) is 18.4 Å². The van der Waals surface area contributed by atoms with Crippen molar-refractivity contribution in [2.45, 2.75) is 32.2 Å². The summed E-state index contributed by atoms with van der Waals surface area (Å²) < 4.78 is 5.28. The predicted octanol–water partition coefficient (Wildman–Crippen LogP) is 1.63. The van der Waals surface area contributed by atoms with E-state index in [4.69, 9.17) is 9.84 Å². The number of nitrogens with zero attached hydrogens (tertiary/aromatic N) is 1. The number of carbonyl (C=O) groups excluding carboxylic acids is 1. The van der Waals surface area contributed by atoms with Crippen LogP contribution in [0.15, 0.2) is 24.3 Å². The number of aliphatic carboxylic acids is 1. The third-order valence-corrected chi connectivity index (χ3v) is 3.67. The molecule has 1 fully saturated rings. The monoisotopic (exact) mass is 291 g/mol. The van der Waals surface area contributed by atoms with Crippen LogP contribution in [-0.2, 0) is 20.7 Å². The van der Waals surface area contributed by atoms with E-state index in [0.29, 0.717) is 32.6 Å². The van der Waals surface area contributed by atoms with Crippen LogP contribution in [-0.4, -0.2) is 47.7 Å². The number of rotatable bonds is 5. The molecule has 1 aromatic carbocycles. The number of benzene rings is 1. The zero-order valence-corrected chi connectivity index (χ0v) is 12.2. The van der Waals surface area contributed by atoms with Crippen molar-refractivity contribution in [1.29, 1.82) is 0 Å². The number of hydrogen-bond donors (Lipinski definition) is 1. The molecule has 1 N–H and O–H groups in total. The molecule has 0 radical (unpaired) electrons. The topological polar surface area (TPSA) is 66.8 Å². The van der Waals surface area contributed by atoms with Gasteiger partial charge in [-0.3, -0.25) is 9.59 Å². The molecule has 1 unspecified atom stereocenters. The fourth-order valence-corrected chi connectivity index (χ4v) is 2.62. The van der Waals surface area contributed by atoms with Gasteiger partial charge in [0.2, 0.25) is 5.91 Å². The van der Waals surface area contributed by atoms with Gasteiger partial charge < -0.3 is 14.7 Å². The van der Waals surface area contributed by atoms with E-state index in [1.54, 1.807) is 4.90 Å². The molecule has 0 saturated carbocycles. The molecule has 21 heavy (non-hydrogen) atoms. The van der Waals surface area contributed by atoms with Crippen molar-refractivity contribution in [2.75, 3.05) is 19.8 Å². The van der Waals surface area contributed by atoms with Gasteiger partial charge in [-0.15, -0.1) is 0 Å². The lowest BCUT2D eigenvalue weighted by atomic mass is 10.1. The van der Waals surface area contributed by atoms with Crippen LogP contribution in [0, 0.1) is 6.92 Å². The number of ether oxygens (including phenoxy) is 1. The van der Waals surface area contributed by atoms with E-state index < -0.39 is 5.97 Å². The highest BCUT2D eigenvalue weighted by molar-refractivity contribution is 5.78. The summed E-state index contributed by atoms with van der Waals surface area (Å²) in [6, 6.07) is 7.74. The molecular formula is C16H21NO4. The number of carbonyl (C=O) groups is 2. The van der Waals surface area contributed by atoms with Gasteiger partial charge in [0.05, 0.1) is 25.7 Å². The van der Waals surface area contributed by atoms with E-state index in [1.165, 1.54) is 5.56 Å². The minimum atomic E-state index is -0.901. The number of aryl methyl sites for hydroxylation is 2. The summed E-state index contributed by atoms with van der Waals surface area (Å²) in [5.74, 6) is -0.895. The lowest BCUT2D eigenvalue weighted by Gasteiger charge is -2.35. The van der Waals surface area contributed by atoms with E-state index in [9.17, 15) is 9.59 Å². The smallest absolute Gasteiger partial charge is 0.305 e. The fourth-order valence-electron chi connectivity index (χ4n) is 2.62. The maximum Gasteiger partial charge on any atom is 0.305 e. The number of carboxylic acid groups (broad SMARTS) is 1. The van der Waals surface area contributed by atoms with Crippen molar-refractivity contribution < 1.29 is 19.4 Å². The van der Waals surface area contributed by atoms with Gasteiger partial charge in [-0.05, 0) is 18.9 Å². The van der Waals surface area contributed by atoms with Gasteiger partial charge in [0, 0.05) is 13.0 Å². The van der Waals surface area contributed by atoms with Crippen LogP contribution in [0.1, 0.15) is 24.0 Å². The maximum absolute atomic E-state index is 12.3. The Kier molecular flexibility index (Phi) is 5.33. The number of carboxylic acids is 1. The van der Waals surface area contributed by atoms with Gasteiger partial charge in [0.15, 0.2) is 0 Å². The van der Waals surface area contributed by atoms with Crippen LogP contribution in [0.4, 0.5) is 0 Å². The van der Waals surface area contributed by atoms with Gasteiger partial charge in [0.25, 0.3) is 0 Å². The van der Waals surface area contributed by atoms with Crippen LogP contribution in [0.25, 0.3) is 0 Å². The van der Waals surface area contributed by atoms with Crippen molar-refractivity contribution in [3.05, 3.63) is 35.4 Å². The Morgan fingerprint density at radius 1 is 1.43 bits per heavy atom. The van der Waals surface area contributed by atoms with Crippen molar-refractivity contribution in [1.82, 2.24) is 4.90 Å². The summed E-state index contributed by atoms with van der Waals surface area (Å²) in [5.41, 5.74) is 2.31. The second kappa shape index (κ2) is 7.22. The minimum absolute atomic E-state index is 0.00561. The van der Waals surface area contributed by atoms with E-state index in [0.717, 1.165) is 5.56 Å². The van der Waals surface area contributed by atoms with Crippen molar-refractivity contribution in [3.8, 4) is 0 Å². The molecule has 0 spiro atoms. The first kappa shape index (κ1) is 15.5. The predicted molar refractivity (Wildman–Crippen MR) is 78.1 cm³/mol. The summed E-state index contributed by atoms with van der Waals surface area (Å²) in [4.78, 5) is 24.8. The molecule has 0 aliphatic carbocycles. The molecule has 1 saturated heterocycles. The third kappa shape index (κ3) is 4.56. The SMILES string of the molecule is Cc1cccc(CCC(=O)N2CCOCC2CC(=O)O)c1. The zero-order chi connectivity index (χ0) is 15.2. The Labute approximate surface area is 124 Å². The Morgan fingerprint density at radius 2 is 2.24 bits per heavy atom. The highest BCUT2D eigenvalue weighted by Crippen LogP contribution is 2.14. The van der Waals surface area contributed by atoms with Crippen LogP contribution >= 0.6 is 0 Å². The zero-order valence-electron chi connectivity index (χ0n) is 12.2. The first-order valence-corrected chi connectivity index (χ1v) is 7.21. The van der Waals surface area contributed by atoms with Crippen LogP contribution in [0.2, 0.25) is 0 Å². The molecule has 1 atom stereocenters. The van der Waals surface area contributed by atoms with Crippen LogP contribution in [0.5, 0.6) is 0 Å². The molecule has 1 amide bonds. The molecule has 0 bridgehead atoms. The Balaban J connectivity index is 1.92. The second-order valence-corrected chi connectivity index (χ2v) is 5.40. The van der Waals surface area contributed by atoms with Gasteiger partial charge in [-0.25, -0.2) is 0 Å². The number of amides is 1. The number of hydrogen-bond acceptors (Lipinski definition) is 3. The first-order chi connectivity index (χ1) is 10.1. The quantitative estimate of drug-likeness (QED) is 0.895. The lowest BCUT2D eigenvalue weighted by Crippen LogP contribution is -2.49. The molecule has 1 aromatic rings. The summed E-state index contributed by atoms with van der Waals surface area (Å²) in [7, 11) is 0. The molecule has 5 heteroatoms. The van der Waals surface area contributed by atoms with Gasteiger partial charge in [-0.1, -0.05) is 29.8 Å². The van der Waals surface area contributed by atoms with Crippen molar-refractivity contribution >= 4 is 11.9 Å². The molecule has 1 heterocycles. The highest BCUT2D eigenvalue weighted by Gasteiger charge is 2.28. The Morgan fingerprint density at radius 3 is 2.95 bits per heavy atom. The summed E-state index contributed by atoms with van der Waals surface area (Å²) >= 11 is 0. The van der Waals surface area contributed by atoms with Crippen molar-refractivity contribution in [3.63, 3.8) is 0 Å². The van der Waals surface area contributed by atoms with E-state index >= 15 is 0 Å². The normalized spacial score (nSPS) is 18.5. The van der Waals surface area contributed by atoms with Crippen molar-refractivity contribution in [2.24, 2.45) is 0 Å². The molecule has 0 aromatic heterocycles. The summed E-state index contributed by atoms with van der Waals surface area (Å²) in [6.45, 7) is 3.29. The Hall–Kier alpha value is -1.88. The van der Waals surface area contributed by atoms with E-state index in [1.807, 2.05) is 25.1 Å². The number of morpholine rings is 1. The molecule has 5 nitrogen and oxygen atoms in total. The second-order valence-electron chi connectivity index (χ2n) is 5.40. The van der Waals surface area contributed by atoms with Crippen LogP contribution < -0.4 is 0 Å². The molecule has 2 rings (SSSR count). The highest BCUT2D eigenvalue weighted by atomic mass is 16.5. The molecule has 114 valence electrons. The Bertz CT molecular complexity index is 515. The first-order valence-electron chi connectivity index (χ1n) is 7.21. The minimum Gasteiger partial charge on any atom is -0.481 e. The van der Waals surface area contributed by atoms with Gasteiger partial charge >= 0.3 is 5.97 Å². The average molecular weight is 291 g/mol. The molecular weight excluding hydrogens is 270 g/mol. The van der Waals surface area contributed by atoms with E-state index in [2.05, 4.69) is 6.07 Å². The lowest BCUT2D eigenvalue weighted by molar-refractivity contribution is -0.146. The summed E-state index contributed by atoms with van der Waals surface area (Å²) in [6.07, 6.45) is 1.02. The fraction of sp³-hybridized carbons (Fsp3) is 0.500. The van der Waals surface area contributed by atoms with Crippen LogP contribution in [0.3, 0.4) is 0 Å². The largest absolute Gasteiger partial charge is 0.481 e. The molecule has 1 aliphatic heterocycles. The average Bonchev–Trinajstić information content (AvgIpc) is 2.45. The third-order valence-electron chi connectivity index (χ3n) is 3.67. The molecule has 1 aliphatic rings. The van der Waals surface area contributed by atoms with Gasteiger partial charge in [0.1, 0.15) is 0 Å². The summed E-state index contributed by atoms with van der Waals surface area (Å²) in [5, 5.41) is 8.91. The van der Waals surface area contributed by atoms with Gasteiger partial charge in [-0.2, -0.15) is 0 Å². The standard InChI is InChI=1S/C16H21NO4/c1-12-3-2-4-13(9-12)5-6-15(18)17-7-8-21-11-14(17)10-16(19)20/h2-4,9,14H,5-8,10-11H2,1H3,(H,19,20).